The predicted molar refractivity (Wildman–Crippen MR) is 104 cm³/mol. The van der Waals surface area contributed by atoms with Gasteiger partial charge in [0.2, 0.25) is 0 Å². The molecule has 0 aliphatic heterocycles. The van der Waals surface area contributed by atoms with E-state index in [-0.39, 0.29) is 23.6 Å². The molecule has 1 amide bonds. The molecule has 2 aromatic rings. The highest BCUT2D eigenvalue weighted by Gasteiger charge is 2.14. The van der Waals surface area contributed by atoms with E-state index in [1.54, 1.807) is 26.4 Å². The Kier molecular flexibility index (Phi) is 8.35. The molecule has 0 spiro atoms. The maximum atomic E-state index is 13.1. The van der Waals surface area contributed by atoms with Crippen molar-refractivity contribution in [2.24, 2.45) is 0 Å². The topological polar surface area (TPSA) is 66.0 Å². The van der Waals surface area contributed by atoms with Crippen LogP contribution in [0, 0.1) is 5.82 Å². The summed E-state index contributed by atoms with van der Waals surface area (Å²) in [5.41, 5.74) is 0.842. The van der Waals surface area contributed by atoms with Crippen molar-refractivity contribution in [2.45, 2.75) is 13.0 Å². The first-order chi connectivity index (χ1) is 13.4. The maximum absolute atomic E-state index is 13.1. The van der Waals surface area contributed by atoms with Crippen molar-refractivity contribution >= 4 is 17.5 Å². The third-order valence-electron chi connectivity index (χ3n) is 3.87. The van der Waals surface area contributed by atoms with E-state index in [2.05, 4.69) is 5.32 Å². The monoisotopic (exact) mass is 411 g/mol. The van der Waals surface area contributed by atoms with E-state index in [1.165, 1.54) is 18.2 Å². The normalized spacial score (nSPS) is 11.6. The van der Waals surface area contributed by atoms with Gasteiger partial charge in [-0.1, -0.05) is 17.7 Å². The van der Waals surface area contributed by atoms with Crippen molar-refractivity contribution < 1.29 is 28.1 Å². The largest absolute Gasteiger partial charge is 0.493 e. The average Bonchev–Trinajstić information content (AvgIpc) is 2.69. The molecule has 0 aliphatic carbocycles. The zero-order valence-corrected chi connectivity index (χ0v) is 16.7. The number of halogens is 2. The van der Waals surface area contributed by atoms with Crippen LogP contribution >= 0.6 is 11.6 Å². The number of ether oxygens (including phenoxy) is 4. The first-order valence-electron chi connectivity index (χ1n) is 8.61. The quantitative estimate of drug-likeness (QED) is 0.603. The number of hydrogen-bond acceptors (Lipinski definition) is 5. The molecule has 0 fully saturated rings. The van der Waals surface area contributed by atoms with Gasteiger partial charge in [-0.15, -0.1) is 0 Å². The third kappa shape index (κ3) is 6.28. The second kappa shape index (κ2) is 10.7. The van der Waals surface area contributed by atoms with Gasteiger partial charge in [0, 0.05) is 13.2 Å². The molecular weight excluding hydrogens is 389 g/mol. The van der Waals surface area contributed by atoms with Gasteiger partial charge in [0.05, 0.1) is 24.8 Å². The van der Waals surface area contributed by atoms with Gasteiger partial charge < -0.3 is 24.3 Å². The molecule has 8 heteroatoms. The van der Waals surface area contributed by atoms with E-state index in [0.29, 0.717) is 30.5 Å². The van der Waals surface area contributed by atoms with E-state index in [9.17, 15) is 9.18 Å². The number of amides is 1. The van der Waals surface area contributed by atoms with Crippen LogP contribution in [-0.4, -0.2) is 39.9 Å². The minimum absolute atomic E-state index is 0.0637. The van der Waals surface area contributed by atoms with E-state index < -0.39 is 5.82 Å². The van der Waals surface area contributed by atoms with Crippen LogP contribution in [0.1, 0.15) is 18.5 Å². The van der Waals surface area contributed by atoms with Crippen LogP contribution in [0.15, 0.2) is 36.4 Å². The molecular formula is C20H23ClFNO5. The Labute approximate surface area is 168 Å². The molecule has 0 saturated carbocycles. The lowest BCUT2D eigenvalue weighted by Crippen LogP contribution is -2.31. The van der Waals surface area contributed by atoms with Crippen LogP contribution in [0.25, 0.3) is 0 Å². The lowest BCUT2D eigenvalue weighted by molar-refractivity contribution is -0.123. The summed E-state index contributed by atoms with van der Waals surface area (Å²) in [5.74, 6) is 0.599. The van der Waals surface area contributed by atoms with Gasteiger partial charge >= 0.3 is 0 Å². The van der Waals surface area contributed by atoms with Crippen molar-refractivity contribution in [2.75, 3.05) is 34.0 Å². The number of nitrogens with one attached hydrogen (secondary N) is 1. The predicted octanol–water partition coefficient (Wildman–Crippen LogP) is 3.77. The molecule has 0 heterocycles. The van der Waals surface area contributed by atoms with Crippen molar-refractivity contribution in [3.63, 3.8) is 0 Å². The van der Waals surface area contributed by atoms with Gasteiger partial charge in [-0.05, 0) is 36.8 Å². The van der Waals surface area contributed by atoms with E-state index in [0.717, 1.165) is 5.56 Å². The summed E-state index contributed by atoms with van der Waals surface area (Å²) >= 11 is 5.69. The molecule has 0 saturated heterocycles. The lowest BCUT2D eigenvalue weighted by atomic mass is 10.1. The minimum atomic E-state index is -0.546. The van der Waals surface area contributed by atoms with Crippen LogP contribution in [0.3, 0.4) is 0 Å². The summed E-state index contributed by atoms with van der Waals surface area (Å²) in [7, 11) is 3.15. The van der Waals surface area contributed by atoms with Gasteiger partial charge in [0.1, 0.15) is 18.2 Å². The van der Waals surface area contributed by atoms with Crippen LogP contribution in [0.5, 0.6) is 17.2 Å². The van der Waals surface area contributed by atoms with Crippen molar-refractivity contribution in [1.29, 1.82) is 0 Å². The fraction of sp³-hybridized carbons (Fsp3) is 0.350. The smallest absolute Gasteiger partial charge is 0.258 e. The molecule has 0 radical (unpaired) electrons. The van der Waals surface area contributed by atoms with Gasteiger partial charge in [0.15, 0.2) is 18.1 Å². The summed E-state index contributed by atoms with van der Waals surface area (Å²) in [6.45, 7) is 2.49. The van der Waals surface area contributed by atoms with E-state index in [1.807, 2.05) is 13.0 Å². The van der Waals surface area contributed by atoms with E-state index in [4.69, 9.17) is 30.5 Å². The van der Waals surface area contributed by atoms with Crippen LogP contribution in [0.4, 0.5) is 4.39 Å². The molecule has 1 atom stereocenters. The molecule has 2 rings (SSSR count). The lowest BCUT2D eigenvalue weighted by Gasteiger charge is -2.17. The molecule has 0 aromatic heterocycles. The summed E-state index contributed by atoms with van der Waals surface area (Å²) < 4.78 is 34.4. The molecule has 6 nitrogen and oxygen atoms in total. The molecule has 0 bridgehead atoms. The van der Waals surface area contributed by atoms with Gasteiger partial charge in [-0.25, -0.2) is 4.39 Å². The first-order valence-corrected chi connectivity index (χ1v) is 8.99. The second-order valence-corrected chi connectivity index (χ2v) is 6.31. The van der Waals surface area contributed by atoms with Crippen molar-refractivity contribution in [1.82, 2.24) is 5.32 Å². The Bertz CT molecular complexity index is 802. The average molecular weight is 412 g/mol. The highest BCUT2D eigenvalue weighted by Crippen LogP contribution is 2.30. The van der Waals surface area contributed by atoms with Gasteiger partial charge in [-0.2, -0.15) is 0 Å². The molecule has 1 N–H and O–H groups in total. The SMILES string of the molecule is COCCOc1ccc(C(C)NC(=O)COc2ccc(F)c(Cl)c2)cc1OC. The number of rotatable bonds is 10. The van der Waals surface area contributed by atoms with Crippen LogP contribution < -0.4 is 19.5 Å². The zero-order valence-electron chi connectivity index (χ0n) is 16.0. The number of benzene rings is 2. The Morgan fingerprint density at radius 3 is 2.57 bits per heavy atom. The van der Waals surface area contributed by atoms with Gasteiger partial charge in [-0.3, -0.25) is 4.79 Å². The van der Waals surface area contributed by atoms with Crippen LogP contribution in [-0.2, 0) is 9.53 Å². The Balaban J connectivity index is 1.92. The Morgan fingerprint density at radius 1 is 1.11 bits per heavy atom. The number of carbonyl (C=O) groups is 1. The number of carbonyl (C=O) groups excluding carboxylic acids is 1. The van der Waals surface area contributed by atoms with E-state index >= 15 is 0 Å². The molecule has 28 heavy (non-hydrogen) atoms. The molecule has 0 aliphatic rings. The Hall–Kier alpha value is -2.51. The maximum Gasteiger partial charge on any atom is 0.258 e. The fourth-order valence-corrected chi connectivity index (χ4v) is 2.56. The van der Waals surface area contributed by atoms with Crippen molar-refractivity contribution in [3.05, 3.63) is 52.8 Å². The third-order valence-corrected chi connectivity index (χ3v) is 4.16. The number of methoxy groups -OCH3 is 2. The second-order valence-electron chi connectivity index (χ2n) is 5.91. The first kappa shape index (κ1) is 21.8. The standard InChI is InChI=1S/C20H23ClFNO5/c1-13(14-4-7-18(19(10-14)26-3)27-9-8-25-2)23-20(24)12-28-15-5-6-17(22)16(21)11-15/h4-7,10-11,13H,8-9,12H2,1-3H3,(H,23,24). The minimum Gasteiger partial charge on any atom is -0.493 e. The summed E-state index contributed by atoms with van der Waals surface area (Å²) in [5, 5.41) is 2.76. The Morgan fingerprint density at radius 2 is 1.89 bits per heavy atom. The highest BCUT2D eigenvalue weighted by atomic mass is 35.5. The molecule has 2 aromatic carbocycles. The van der Waals surface area contributed by atoms with Crippen molar-refractivity contribution in [3.8, 4) is 17.2 Å². The number of hydrogen-bond donors (Lipinski definition) is 1. The summed E-state index contributed by atoms with van der Waals surface area (Å²) in [6.07, 6.45) is 0. The van der Waals surface area contributed by atoms with Gasteiger partial charge in [0.25, 0.3) is 5.91 Å². The highest BCUT2D eigenvalue weighted by molar-refractivity contribution is 6.30. The summed E-state index contributed by atoms with van der Waals surface area (Å²) in [6, 6.07) is 9.05. The molecule has 152 valence electrons. The molecule has 1 unspecified atom stereocenters. The fourth-order valence-electron chi connectivity index (χ4n) is 2.39. The zero-order chi connectivity index (χ0) is 20.5. The van der Waals surface area contributed by atoms with Crippen LogP contribution in [0.2, 0.25) is 5.02 Å². The summed E-state index contributed by atoms with van der Waals surface area (Å²) in [4.78, 5) is 12.1.